The number of nitrogens with one attached hydrogen (secondary N) is 1. The summed E-state index contributed by atoms with van der Waals surface area (Å²) in [7, 11) is 0. The lowest BCUT2D eigenvalue weighted by Gasteiger charge is -2.04. The summed E-state index contributed by atoms with van der Waals surface area (Å²) in [4.78, 5) is 24.2. The van der Waals surface area contributed by atoms with Crippen molar-refractivity contribution in [2.75, 3.05) is 5.75 Å². The first-order chi connectivity index (χ1) is 9.29. The second-order valence-corrected chi connectivity index (χ2v) is 4.95. The molecule has 0 saturated heterocycles. The predicted molar refractivity (Wildman–Crippen MR) is 73.8 cm³/mol. The molecule has 0 aliphatic carbocycles. The lowest BCUT2D eigenvalue weighted by molar-refractivity contribution is 0.0949. The minimum Gasteiger partial charge on any atom is -0.345 e. The van der Waals surface area contributed by atoms with E-state index in [0.29, 0.717) is 17.9 Å². The summed E-state index contributed by atoms with van der Waals surface area (Å²) in [5.41, 5.74) is 0.538. The molecule has 2 heterocycles. The summed E-state index contributed by atoms with van der Waals surface area (Å²) >= 11 is 1.64. The predicted octanol–water partition coefficient (Wildman–Crippen LogP) is 1.91. The van der Waals surface area contributed by atoms with Crippen molar-refractivity contribution in [2.24, 2.45) is 0 Å². The highest BCUT2D eigenvalue weighted by Gasteiger charge is 2.06. The third-order valence-electron chi connectivity index (χ3n) is 2.32. The maximum atomic E-state index is 11.9. The van der Waals surface area contributed by atoms with Gasteiger partial charge in [0.05, 0.1) is 17.1 Å². The number of rotatable bonds is 5. The second-order valence-electron chi connectivity index (χ2n) is 3.67. The van der Waals surface area contributed by atoms with Gasteiger partial charge in [0, 0.05) is 18.6 Å². The van der Waals surface area contributed by atoms with E-state index in [0.717, 1.165) is 10.8 Å². The highest BCUT2D eigenvalue weighted by molar-refractivity contribution is 7.99. The zero-order chi connectivity index (χ0) is 13.5. The van der Waals surface area contributed by atoms with E-state index in [1.807, 2.05) is 6.07 Å². The number of carbonyl (C=O) groups excluding carboxylic acids is 1. The fourth-order valence-corrected chi connectivity index (χ4v) is 2.02. The molecule has 6 heteroatoms. The first-order valence-electron chi connectivity index (χ1n) is 5.92. The van der Waals surface area contributed by atoms with Gasteiger partial charge in [0.1, 0.15) is 5.82 Å². The third-order valence-corrected chi connectivity index (χ3v) is 3.14. The van der Waals surface area contributed by atoms with Crippen LogP contribution in [0.2, 0.25) is 0 Å². The fourth-order valence-electron chi connectivity index (χ4n) is 1.43. The number of pyridine rings is 1. The van der Waals surface area contributed by atoms with Crippen LogP contribution in [-0.4, -0.2) is 26.6 Å². The van der Waals surface area contributed by atoms with E-state index in [4.69, 9.17) is 0 Å². The molecule has 2 aromatic rings. The van der Waals surface area contributed by atoms with E-state index in [1.165, 1.54) is 0 Å². The molecule has 0 spiro atoms. The van der Waals surface area contributed by atoms with E-state index >= 15 is 0 Å². The molecule has 0 aliphatic rings. The van der Waals surface area contributed by atoms with Crippen molar-refractivity contribution in [2.45, 2.75) is 18.5 Å². The van der Waals surface area contributed by atoms with Crippen LogP contribution in [0.25, 0.3) is 0 Å². The maximum absolute atomic E-state index is 11.9. The van der Waals surface area contributed by atoms with Crippen molar-refractivity contribution in [3.8, 4) is 0 Å². The number of carbonyl (C=O) groups is 1. The molecule has 19 heavy (non-hydrogen) atoms. The molecular weight excluding hydrogens is 260 g/mol. The quantitative estimate of drug-likeness (QED) is 0.844. The average Bonchev–Trinajstić information content (AvgIpc) is 2.47. The summed E-state index contributed by atoms with van der Waals surface area (Å²) < 4.78 is 0. The monoisotopic (exact) mass is 274 g/mol. The van der Waals surface area contributed by atoms with Crippen LogP contribution in [0.5, 0.6) is 0 Å². The van der Waals surface area contributed by atoms with Gasteiger partial charge in [0.2, 0.25) is 0 Å². The Kier molecular flexibility index (Phi) is 4.85. The van der Waals surface area contributed by atoms with E-state index in [9.17, 15) is 4.79 Å². The number of hydrogen-bond acceptors (Lipinski definition) is 5. The minimum atomic E-state index is -0.173. The van der Waals surface area contributed by atoms with Crippen LogP contribution in [-0.2, 0) is 6.54 Å². The Hall–Kier alpha value is -1.95. The third kappa shape index (κ3) is 4.03. The lowest BCUT2D eigenvalue weighted by atomic mass is 10.3. The molecule has 0 aliphatic heterocycles. The number of amides is 1. The van der Waals surface area contributed by atoms with Gasteiger partial charge in [-0.05, 0) is 24.0 Å². The number of aromatic nitrogens is 3. The Morgan fingerprint density at radius 2 is 2.05 bits per heavy atom. The van der Waals surface area contributed by atoms with Gasteiger partial charge in [0.15, 0.2) is 0 Å². The zero-order valence-electron chi connectivity index (χ0n) is 10.5. The largest absolute Gasteiger partial charge is 0.345 e. The molecule has 0 saturated carbocycles. The molecule has 1 N–H and O–H groups in total. The first-order valence-corrected chi connectivity index (χ1v) is 6.91. The van der Waals surface area contributed by atoms with Gasteiger partial charge in [-0.3, -0.25) is 4.79 Å². The van der Waals surface area contributed by atoms with Crippen LogP contribution >= 0.6 is 11.8 Å². The summed E-state index contributed by atoms with van der Waals surface area (Å²) in [6, 6.07) is 5.35. The molecular formula is C13H14N4OS. The van der Waals surface area contributed by atoms with Crippen LogP contribution in [0.1, 0.15) is 23.1 Å². The van der Waals surface area contributed by atoms with Crippen LogP contribution in [0.3, 0.4) is 0 Å². The highest BCUT2D eigenvalue weighted by atomic mass is 32.2. The summed E-state index contributed by atoms with van der Waals surface area (Å²) in [6.07, 6.45) is 4.87. The van der Waals surface area contributed by atoms with Crippen LogP contribution in [0, 0.1) is 0 Å². The van der Waals surface area contributed by atoms with Crippen LogP contribution in [0.4, 0.5) is 0 Å². The van der Waals surface area contributed by atoms with E-state index in [-0.39, 0.29) is 5.91 Å². The molecule has 0 bridgehead atoms. The van der Waals surface area contributed by atoms with Gasteiger partial charge < -0.3 is 5.32 Å². The van der Waals surface area contributed by atoms with Crippen molar-refractivity contribution in [3.05, 3.63) is 48.2 Å². The van der Waals surface area contributed by atoms with Crippen molar-refractivity contribution in [1.29, 1.82) is 0 Å². The summed E-state index contributed by atoms with van der Waals surface area (Å²) in [6.45, 7) is 2.37. The van der Waals surface area contributed by atoms with E-state index in [1.54, 1.807) is 42.5 Å². The van der Waals surface area contributed by atoms with E-state index < -0.39 is 0 Å². The van der Waals surface area contributed by atoms with E-state index in [2.05, 4.69) is 27.2 Å². The van der Waals surface area contributed by atoms with Gasteiger partial charge >= 0.3 is 0 Å². The number of nitrogens with zero attached hydrogens (tertiary/aromatic N) is 3. The SMILES string of the molecule is CCSc1ccc(C(=O)NCc2ncccn2)cn1. The molecule has 2 rings (SSSR count). The molecule has 0 radical (unpaired) electrons. The topological polar surface area (TPSA) is 67.8 Å². The van der Waals surface area contributed by atoms with Crippen molar-refractivity contribution in [3.63, 3.8) is 0 Å². The Morgan fingerprint density at radius 1 is 1.26 bits per heavy atom. The Balaban J connectivity index is 1.92. The van der Waals surface area contributed by atoms with Gasteiger partial charge in [-0.2, -0.15) is 0 Å². The molecule has 0 unspecified atom stereocenters. The molecule has 98 valence electrons. The number of thioether (sulfide) groups is 1. The van der Waals surface area contributed by atoms with Crippen LogP contribution in [0.15, 0.2) is 41.8 Å². The fraction of sp³-hybridized carbons (Fsp3) is 0.231. The molecule has 1 amide bonds. The molecule has 0 atom stereocenters. The van der Waals surface area contributed by atoms with Crippen LogP contribution < -0.4 is 5.32 Å². The maximum Gasteiger partial charge on any atom is 0.253 e. The van der Waals surface area contributed by atoms with Gasteiger partial charge in [0.25, 0.3) is 5.91 Å². The van der Waals surface area contributed by atoms with Gasteiger partial charge in [-0.1, -0.05) is 6.92 Å². The summed E-state index contributed by atoms with van der Waals surface area (Å²) in [5, 5.41) is 3.68. The van der Waals surface area contributed by atoms with Gasteiger partial charge in [-0.25, -0.2) is 15.0 Å². The highest BCUT2D eigenvalue weighted by Crippen LogP contribution is 2.14. The Morgan fingerprint density at radius 3 is 2.68 bits per heavy atom. The standard InChI is InChI=1S/C13H14N4OS/c1-2-19-12-5-4-10(8-16-12)13(18)17-9-11-14-6-3-7-15-11/h3-8H,2,9H2,1H3,(H,17,18). The summed E-state index contributed by atoms with van der Waals surface area (Å²) in [5.74, 6) is 1.37. The first kappa shape index (κ1) is 13.5. The molecule has 5 nitrogen and oxygen atoms in total. The lowest BCUT2D eigenvalue weighted by Crippen LogP contribution is -2.23. The van der Waals surface area contributed by atoms with Gasteiger partial charge in [-0.15, -0.1) is 11.8 Å². The Bertz CT molecular complexity index is 530. The number of hydrogen-bond donors (Lipinski definition) is 1. The Labute approximate surface area is 115 Å². The van der Waals surface area contributed by atoms with Crippen molar-refractivity contribution < 1.29 is 4.79 Å². The second kappa shape index (κ2) is 6.84. The zero-order valence-corrected chi connectivity index (χ0v) is 11.4. The molecule has 0 aromatic carbocycles. The normalized spacial score (nSPS) is 10.2. The van der Waals surface area contributed by atoms with Crippen molar-refractivity contribution >= 4 is 17.7 Å². The molecule has 2 aromatic heterocycles. The van der Waals surface area contributed by atoms with Crippen molar-refractivity contribution in [1.82, 2.24) is 20.3 Å². The smallest absolute Gasteiger partial charge is 0.253 e. The molecule has 0 fully saturated rings. The average molecular weight is 274 g/mol. The minimum absolute atomic E-state index is 0.173.